The molecular formula is C79H91N3O13S. The largest absolute Gasteiger partial charge is 0.744 e. The molecule has 5 aliphatic rings. The first-order valence-electron chi connectivity index (χ1n) is 33.9. The predicted octanol–water partition coefficient (Wildman–Crippen LogP) is 16.8. The molecule has 1 aliphatic carbocycles. The molecule has 506 valence electrons. The number of para-hydroxylation sites is 1. The van der Waals surface area contributed by atoms with E-state index in [0.29, 0.717) is 63.5 Å². The number of aromatic hydroxyl groups is 1. The third-order valence-corrected chi connectivity index (χ3v) is 20.8. The van der Waals surface area contributed by atoms with Gasteiger partial charge in [-0.3, -0.25) is 10.1 Å². The lowest BCUT2D eigenvalue weighted by Gasteiger charge is -2.39. The number of benzene rings is 7. The quantitative estimate of drug-likeness (QED) is 0.0280. The van der Waals surface area contributed by atoms with Gasteiger partial charge in [0.1, 0.15) is 34.4 Å². The lowest BCUT2D eigenvalue weighted by atomic mass is 9.78. The SMILES string of the molecule is CCC(O)CCCC1CC(CCC2CC(CC(O)CC)OC(c3ccccc3OC3=C(/C=C/C4=[N+](C)c5ccc6ccccc6c5C4(C)C)CCC/C3=C\C=C3\N(C)c4ccc5ccccc5c4C3(C)C)O2)OC(c2cc([N+](=O)[O-])ccc2O)O1.Cc1ccc(S(=O)(=O)[O-])cc1. The molecular weight excluding hydrogens is 1230 g/mol. The Morgan fingerprint density at radius 3 is 1.98 bits per heavy atom. The average molecular weight is 1320 g/mol. The van der Waals surface area contributed by atoms with E-state index in [1.807, 2.05) is 45.0 Å². The van der Waals surface area contributed by atoms with Crippen LogP contribution in [-0.4, -0.2) is 94.2 Å². The van der Waals surface area contributed by atoms with Gasteiger partial charge in [0.05, 0.1) is 63.0 Å². The molecule has 4 heterocycles. The summed E-state index contributed by atoms with van der Waals surface area (Å²) >= 11 is 0. The first kappa shape index (κ1) is 69.5. The van der Waals surface area contributed by atoms with E-state index in [-0.39, 0.29) is 57.1 Å². The van der Waals surface area contributed by atoms with Crippen LogP contribution in [0.5, 0.6) is 11.5 Å². The first-order valence-corrected chi connectivity index (χ1v) is 35.3. The van der Waals surface area contributed by atoms with Crippen LogP contribution >= 0.6 is 0 Å². The van der Waals surface area contributed by atoms with Gasteiger partial charge in [-0.15, -0.1) is 0 Å². The molecule has 12 rings (SSSR count). The van der Waals surface area contributed by atoms with Crippen LogP contribution in [0.15, 0.2) is 191 Å². The molecule has 2 fully saturated rings. The summed E-state index contributed by atoms with van der Waals surface area (Å²) < 4.78 is 67.9. The molecule has 0 aromatic heterocycles. The molecule has 3 N–H and O–H groups in total. The maximum Gasteiger partial charge on any atom is 0.270 e. The number of fused-ring (bicyclic) bond motifs is 6. The number of hydrogen-bond donors (Lipinski definition) is 3. The molecule has 0 radical (unpaired) electrons. The number of allylic oxidation sites excluding steroid dienone is 7. The summed E-state index contributed by atoms with van der Waals surface area (Å²) in [4.78, 5) is 13.5. The Kier molecular flexibility index (Phi) is 21.3. The van der Waals surface area contributed by atoms with Gasteiger partial charge in [-0.05, 0) is 178 Å². The van der Waals surface area contributed by atoms with Gasteiger partial charge in [0.25, 0.3) is 5.69 Å². The number of non-ortho nitro benzene ring substituents is 1. The summed E-state index contributed by atoms with van der Waals surface area (Å²) in [5.41, 5.74) is 10.8. The van der Waals surface area contributed by atoms with Crippen molar-refractivity contribution in [1.29, 1.82) is 0 Å². The Hall–Kier alpha value is -7.84. The lowest BCUT2D eigenvalue weighted by molar-refractivity contribution is -0.401. The number of aliphatic hydroxyl groups excluding tert-OH is 2. The molecule has 0 saturated carbocycles. The van der Waals surface area contributed by atoms with Crippen molar-refractivity contribution in [2.45, 2.75) is 197 Å². The smallest absolute Gasteiger partial charge is 0.270 e. The molecule has 0 amide bonds. The Balaban J connectivity index is 0.000000774. The van der Waals surface area contributed by atoms with Gasteiger partial charge >= 0.3 is 0 Å². The van der Waals surface area contributed by atoms with Crippen molar-refractivity contribution >= 4 is 54.4 Å². The zero-order valence-corrected chi connectivity index (χ0v) is 57.4. The topological polar surface area (TPSA) is 213 Å². The van der Waals surface area contributed by atoms with E-state index in [2.05, 4.69) is 148 Å². The molecule has 16 nitrogen and oxygen atoms in total. The summed E-state index contributed by atoms with van der Waals surface area (Å²) in [6.07, 6.45) is 13.5. The van der Waals surface area contributed by atoms with Crippen LogP contribution in [0.4, 0.5) is 17.1 Å². The highest BCUT2D eigenvalue weighted by atomic mass is 32.2. The molecule has 8 atom stereocenters. The predicted molar refractivity (Wildman–Crippen MR) is 375 cm³/mol. The number of nitro groups is 1. The number of rotatable bonds is 20. The van der Waals surface area contributed by atoms with E-state index in [0.717, 1.165) is 53.7 Å². The minimum atomic E-state index is -4.27. The van der Waals surface area contributed by atoms with Crippen LogP contribution in [0.3, 0.4) is 0 Å². The molecule has 17 heteroatoms. The van der Waals surface area contributed by atoms with E-state index in [4.69, 9.17) is 23.7 Å². The number of phenolic OH excluding ortho intramolecular Hbond substituents is 1. The van der Waals surface area contributed by atoms with E-state index in [9.17, 15) is 38.4 Å². The number of hydrogen-bond acceptors (Lipinski definition) is 14. The number of aliphatic hydroxyl groups is 2. The van der Waals surface area contributed by atoms with Gasteiger partial charge in [0.15, 0.2) is 18.3 Å². The van der Waals surface area contributed by atoms with Gasteiger partial charge in [0, 0.05) is 66.5 Å². The highest BCUT2D eigenvalue weighted by molar-refractivity contribution is 7.85. The number of nitro benzene ring substituents is 1. The number of likely N-dealkylation sites (N-methyl/N-ethyl adjacent to an activating group) is 1. The van der Waals surface area contributed by atoms with Crippen molar-refractivity contribution in [3.8, 4) is 11.5 Å². The van der Waals surface area contributed by atoms with Crippen molar-refractivity contribution in [3.05, 3.63) is 224 Å². The summed E-state index contributed by atoms with van der Waals surface area (Å²) in [5, 5.41) is 49.4. The maximum atomic E-state index is 11.9. The fraction of sp³-hybridized carbons (Fsp3) is 0.405. The second-order valence-electron chi connectivity index (χ2n) is 27.3. The molecule has 7 aromatic carbocycles. The molecule has 0 bridgehead atoms. The molecule has 96 heavy (non-hydrogen) atoms. The van der Waals surface area contributed by atoms with Crippen LogP contribution in [0.25, 0.3) is 21.5 Å². The Morgan fingerprint density at radius 2 is 1.31 bits per heavy atom. The van der Waals surface area contributed by atoms with Gasteiger partial charge in [-0.1, -0.05) is 124 Å². The third kappa shape index (κ3) is 15.1. The van der Waals surface area contributed by atoms with Crippen LogP contribution < -0.4 is 9.64 Å². The van der Waals surface area contributed by atoms with Gasteiger partial charge in [-0.2, -0.15) is 4.58 Å². The van der Waals surface area contributed by atoms with Crippen molar-refractivity contribution in [2.24, 2.45) is 0 Å². The number of ether oxygens (including phenoxy) is 5. The van der Waals surface area contributed by atoms with Crippen LogP contribution in [0.2, 0.25) is 0 Å². The fourth-order valence-electron chi connectivity index (χ4n) is 14.7. The summed E-state index contributed by atoms with van der Waals surface area (Å²) in [5.74, 6) is 1.28. The first-order chi connectivity index (χ1) is 45.9. The monoisotopic (exact) mass is 1320 g/mol. The maximum absolute atomic E-state index is 11.9. The lowest BCUT2D eigenvalue weighted by Crippen LogP contribution is -2.38. The summed E-state index contributed by atoms with van der Waals surface area (Å²) in [7, 11) is 0.0761. The van der Waals surface area contributed by atoms with E-state index >= 15 is 0 Å². The van der Waals surface area contributed by atoms with Crippen molar-refractivity contribution in [2.75, 3.05) is 19.0 Å². The van der Waals surface area contributed by atoms with Gasteiger partial charge in [0.2, 0.25) is 5.69 Å². The van der Waals surface area contributed by atoms with Crippen LogP contribution in [0, 0.1) is 17.0 Å². The molecule has 7 aromatic rings. The molecule has 4 aliphatic heterocycles. The summed E-state index contributed by atoms with van der Waals surface area (Å²) in [6, 6.07) is 43.9. The molecule has 0 spiro atoms. The van der Waals surface area contributed by atoms with Crippen molar-refractivity contribution in [1.82, 2.24) is 0 Å². The standard InChI is InChI=1S/C72H83N3O10.C7H8O3S/c1-9-50(76)23-18-24-52-43-53(83-70(81-52)59-41-49(75(79)80)33-38-62(59)78)34-35-54-44-55(42-51(77)10-2)84-69(82-54)58-27-15-16-28-63(58)85-68-47(31-39-64-71(3,4)66-56-25-13-11-19-45(56)29-36-60(66)73(64)7)21-17-22-48(68)32-40-65-72(5,6)67-57-26-14-12-20-46(57)30-37-61(67)74(65)8;1-6-2-4-7(5-3-6)11(8,9)10/h11-16,19-20,25-33,36-41,50-55,69-70,76-77H,9-10,17-18,21-24,34-35,42-44H2,1-8H3;2-5H,1H3,(H,8,9,10). The second-order valence-corrected chi connectivity index (χ2v) is 28.7. The number of anilines is 1. The number of aryl methyl sites for hydroxylation is 1. The summed E-state index contributed by atoms with van der Waals surface area (Å²) in [6.45, 7) is 15.1. The van der Waals surface area contributed by atoms with Crippen molar-refractivity contribution in [3.63, 3.8) is 0 Å². The number of phenols is 1. The van der Waals surface area contributed by atoms with Crippen molar-refractivity contribution < 1.29 is 61.5 Å². The molecule has 2 saturated heterocycles. The third-order valence-electron chi connectivity index (χ3n) is 20.0. The normalized spacial score (nSPS) is 23.1. The van der Waals surface area contributed by atoms with Crippen LogP contribution in [-0.2, 0) is 39.9 Å². The minimum Gasteiger partial charge on any atom is -0.744 e. The Bertz CT molecular complexity index is 4280. The van der Waals surface area contributed by atoms with Gasteiger partial charge < -0.3 is 48.5 Å². The molecule has 8 unspecified atom stereocenters. The zero-order valence-electron chi connectivity index (χ0n) is 56.6. The van der Waals surface area contributed by atoms with E-state index < -0.39 is 39.8 Å². The van der Waals surface area contributed by atoms with E-state index in [1.165, 1.54) is 85.8 Å². The van der Waals surface area contributed by atoms with E-state index in [1.54, 1.807) is 12.1 Å². The Labute approximate surface area is 564 Å². The highest BCUT2D eigenvalue weighted by Gasteiger charge is 2.45. The second kappa shape index (κ2) is 29.5. The highest BCUT2D eigenvalue weighted by Crippen LogP contribution is 2.51. The fourth-order valence-corrected chi connectivity index (χ4v) is 15.2. The Morgan fingerprint density at radius 1 is 0.708 bits per heavy atom. The minimum absolute atomic E-state index is 0.147. The van der Waals surface area contributed by atoms with Gasteiger partial charge in [-0.25, -0.2) is 8.42 Å². The average Bonchev–Trinajstić information content (AvgIpc) is 1.58. The number of nitrogens with zero attached hydrogens (tertiary/aromatic N) is 3. The van der Waals surface area contributed by atoms with Crippen LogP contribution in [0.1, 0.15) is 165 Å². The zero-order chi connectivity index (χ0) is 68.2.